The largest absolute Gasteiger partial charge is 0.458 e. The summed E-state index contributed by atoms with van der Waals surface area (Å²) in [6.45, 7) is 2.85. The third-order valence-corrected chi connectivity index (χ3v) is 13.6. The molecule has 0 bridgehead atoms. The molecule has 24 heteroatoms. The van der Waals surface area contributed by atoms with Gasteiger partial charge in [0.25, 0.3) is 5.56 Å². The molecule has 5 heterocycles. The number of alkyl carbamates (subject to hydrolysis) is 1. The first-order valence-corrected chi connectivity index (χ1v) is 25.0. The van der Waals surface area contributed by atoms with E-state index < -0.39 is 83.9 Å². The Hall–Kier alpha value is -7.99. The number of aromatic nitrogens is 1. The molecule has 1 aromatic carbocycles. The Balaban J connectivity index is 0.823. The standard InChI is InChI=1S/C52H62FN9O14/c1-4-52(73)36-21-39-46-33(27-62(39)48(70)34(36)28-76-49(52)71)32(35-19-30(2)37(53)22-51(35,3)60-46)23-57-50(72)75-18-17-74-29-58-42(65)25-56-47(69)38(20-31-11-7-5-8-12-31)59-43(66)26-55-41(64)24-54-40(63)13-9-6-10-16-61-44(67)14-15-45(61)68/h5,7-8,11-12,19,21-22,38,60,73H,4,6,9-10,13-18,20,23-29H2,1-3H3,(H,54,63)(H,55,64)(H,56,69)(H,57,72)(H,58,65)(H,59,66)/t38-,51?,52-/m0/s1. The lowest BCUT2D eigenvalue weighted by Crippen LogP contribution is -2.52. The van der Waals surface area contributed by atoms with Gasteiger partial charge in [-0.25, -0.2) is 14.0 Å². The first-order valence-electron chi connectivity index (χ1n) is 25.0. The maximum atomic E-state index is 15.2. The number of unbranched alkanes of at least 4 members (excludes halogenated alkanes) is 2. The maximum absolute atomic E-state index is 15.2. The highest BCUT2D eigenvalue weighted by molar-refractivity contribution is 6.02. The Morgan fingerprint density at radius 2 is 1.58 bits per heavy atom. The number of esters is 1. The van der Waals surface area contributed by atoms with Crippen LogP contribution in [0.3, 0.4) is 0 Å². The number of imide groups is 1. The molecule has 1 unspecified atom stereocenters. The first kappa shape index (κ1) is 55.8. The van der Waals surface area contributed by atoms with Gasteiger partial charge in [-0.15, -0.1) is 0 Å². The van der Waals surface area contributed by atoms with Crippen LogP contribution in [0.5, 0.6) is 0 Å². The van der Waals surface area contributed by atoms with Crippen LogP contribution >= 0.6 is 0 Å². The number of likely N-dealkylation sites (tertiary alicyclic amines) is 1. The summed E-state index contributed by atoms with van der Waals surface area (Å²) in [5.74, 6) is -4.78. The van der Waals surface area contributed by atoms with Crippen molar-refractivity contribution >= 4 is 59.1 Å². The number of hydrogen-bond donors (Lipinski definition) is 8. The summed E-state index contributed by atoms with van der Waals surface area (Å²) < 4.78 is 32.5. The van der Waals surface area contributed by atoms with Crippen LogP contribution in [0, 0.1) is 0 Å². The van der Waals surface area contributed by atoms with Gasteiger partial charge in [-0.1, -0.05) is 49.8 Å². The van der Waals surface area contributed by atoms with Crippen molar-refractivity contribution in [3.05, 3.63) is 109 Å². The molecular formula is C52H62FN9O14. The second-order valence-electron chi connectivity index (χ2n) is 19.0. The van der Waals surface area contributed by atoms with Crippen LogP contribution in [0.2, 0.25) is 0 Å². The van der Waals surface area contributed by atoms with E-state index in [9.17, 15) is 53.1 Å². The number of aliphatic hydroxyl groups is 1. The number of pyridine rings is 1. The van der Waals surface area contributed by atoms with Crippen molar-refractivity contribution in [3.8, 4) is 0 Å². The molecular weight excluding hydrogens is 994 g/mol. The summed E-state index contributed by atoms with van der Waals surface area (Å²) >= 11 is 0. The van der Waals surface area contributed by atoms with Crippen LogP contribution < -0.4 is 42.8 Å². The maximum Gasteiger partial charge on any atom is 0.407 e. The number of carbonyl (C=O) groups excluding carboxylic acids is 9. The number of hydrogen-bond acceptors (Lipinski definition) is 15. The van der Waals surface area contributed by atoms with Gasteiger partial charge in [0, 0.05) is 49.9 Å². The second kappa shape index (κ2) is 24.6. The zero-order valence-electron chi connectivity index (χ0n) is 42.5. The van der Waals surface area contributed by atoms with Crippen LogP contribution in [0.15, 0.2) is 81.5 Å². The van der Waals surface area contributed by atoms with Crippen LogP contribution in [-0.4, -0.2) is 132 Å². The van der Waals surface area contributed by atoms with Crippen molar-refractivity contribution in [2.75, 3.05) is 52.7 Å². The van der Waals surface area contributed by atoms with Crippen molar-refractivity contribution in [1.82, 2.24) is 46.7 Å². The number of cyclic esters (lactones) is 1. The highest BCUT2D eigenvalue weighted by Gasteiger charge is 2.47. The van der Waals surface area contributed by atoms with Crippen molar-refractivity contribution in [2.24, 2.45) is 0 Å². The number of amides is 8. The fourth-order valence-corrected chi connectivity index (χ4v) is 9.43. The predicted octanol–water partition coefficient (Wildman–Crippen LogP) is 0.301. The quantitative estimate of drug-likeness (QED) is 0.0304. The molecule has 0 spiro atoms. The summed E-state index contributed by atoms with van der Waals surface area (Å²) in [6, 6.07) is 9.21. The number of fused-ring (bicyclic) bond motifs is 4. The molecule has 8 N–H and O–H groups in total. The Morgan fingerprint density at radius 3 is 2.32 bits per heavy atom. The van der Waals surface area contributed by atoms with E-state index in [1.807, 2.05) is 0 Å². The van der Waals surface area contributed by atoms with Gasteiger partial charge in [0.2, 0.25) is 41.4 Å². The van der Waals surface area contributed by atoms with E-state index in [1.54, 1.807) is 63.2 Å². The molecule has 5 aliphatic rings. The minimum atomic E-state index is -2.04. The van der Waals surface area contributed by atoms with Crippen LogP contribution in [0.25, 0.3) is 5.70 Å². The number of halogens is 1. The van der Waals surface area contributed by atoms with Crippen molar-refractivity contribution in [3.63, 3.8) is 0 Å². The minimum Gasteiger partial charge on any atom is -0.458 e. The smallest absolute Gasteiger partial charge is 0.407 e. The van der Waals surface area contributed by atoms with Gasteiger partial charge in [-0.05, 0) is 67.5 Å². The van der Waals surface area contributed by atoms with Gasteiger partial charge in [0.1, 0.15) is 31.8 Å². The summed E-state index contributed by atoms with van der Waals surface area (Å²) in [5, 5.41) is 29.8. The van der Waals surface area contributed by atoms with E-state index >= 15 is 4.39 Å². The Morgan fingerprint density at radius 1 is 0.882 bits per heavy atom. The summed E-state index contributed by atoms with van der Waals surface area (Å²) in [7, 11) is 0. The van der Waals surface area contributed by atoms with E-state index in [4.69, 9.17) is 14.2 Å². The molecule has 2 aromatic rings. The molecule has 1 aliphatic carbocycles. The summed E-state index contributed by atoms with van der Waals surface area (Å²) in [5.41, 5.74) is 0.421. The van der Waals surface area contributed by atoms with Crippen molar-refractivity contribution in [1.29, 1.82) is 0 Å². The number of benzene rings is 1. The van der Waals surface area contributed by atoms with Crippen molar-refractivity contribution < 1.29 is 66.9 Å². The molecule has 1 fully saturated rings. The topological polar surface area (TPSA) is 311 Å². The number of carbonyl (C=O) groups is 9. The van der Waals surface area contributed by atoms with E-state index in [1.165, 1.54) is 15.5 Å². The summed E-state index contributed by atoms with van der Waals surface area (Å²) in [4.78, 5) is 128. The molecule has 1 saturated heterocycles. The van der Waals surface area contributed by atoms with Crippen LogP contribution in [0.4, 0.5) is 9.18 Å². The number of ether oxygens (including phenoxy) is 3. The first-order chi connectivity index (χ1) is 36.3. The predicted molar refractivity (Wildman–Crippen MR) is 267 cm³/mol. The molecule has 4 aliphatic heterocycles. The monoisotopic (exact) mass is 1060 g/mol. The number of nitrogens with zero attached hydrogens (tertiary/aromatic N) is 2. The van der Waals surface area contributed by atoms with Gasteiger partial charge in [0.05, 0.1) is 55.3 Å². The minimum absolute atomic E-state index is 0.0413. The zero-order chi connectivity index (χ0) is 54.7. The van der Waals surface area contributed by atoms with E-state index in [0.717, 1.165) is 0 Å². The van der Waals surface area contributed by atoms with Crippen molar-refractivity contribution in [2.45, 2.75) is 102 Å². The number of rotatable bonds is 24. The Labute approximate surface area is 436 Å². The van der Waals surface area contributed by atoms with Crippen LogP contribution in [-0.2, 0) is 77.7 Å². The molecule has 3 atom stereocenters. The van der Waals surface area contributed by atoms with Crippen LogP contribution in [0.1, 0.15) is 88.1 Å². The lowest BCUT2D eigenvalue weighted by Gasteiger charge is -2.40. The fraction of sp³-hybridized carbons (Fsp3) is 0.462. The highest BCUT2D eigenvalue weighted by Crippen LogP contribution is 2.45. The Kier molecular flexibility index (Phi) is 18.0. The zero-order valence-corrected chi connectivity index (χ0v) is 42.5. The van der Waals surface area contributed by atoms with E-state index in [0.29, 0.717) is 65.1 Å². The normalized spacial score (nSPS) is 19.6. The highest BCUT2D eigenvalue weighted by atomic mass is 19.1. The number of nitrogens with one attached hydrogen (secondary N) is 7. The number of allylic oxidation sites excluding steroid dienone is 2. The average molecular weight is 1060 g/mol. The van der Waals surface area contributed by atoms with Gasteiger partial charge < -0.3 is 61.1 Å². The summed E-state index contributed by atoms with van der Waals surface area (Å²) in [6.07, 6.45) is 4.48. The SMILES string of the molecule is CC[C@@]1(O)C(=O)OCc2c1cc1n(c2=O)CC2=C1NC1(C)C=C(F)C(C)=CC1=C2CNC(=O)OCCOCNC(=O)CNC(=O)[C@H](Cc1ccccc1)NC(=O)CNC(=O)CNC(=O)CCCCCN1C(=O)CCC1=O. The molecule has 0 saturated carbocycles. The lowest BCUT2D eigenvalue weighted by molar-refractivity contribution is -0.172. The van der Waals surface area contributed by atoms with Gasteiger partial charge in [-0.3, -0.25) is 43.3 Å². The molecule has 406 valence electrons. The molecule has 8 amide bonds. The average Bonchev–Trinajstić information content (AvgIpc) is 3.99. The molecule has 76 heavy (non-hydrogen) atoms. The van der Waals surface area contributed by atoms with Gasteiger partial charge in [-0.2, -0.15) is 0 Å². The molecule has 1 aromatic heterocycles. The molecule has 23 nitrogen and oxygen atoms in total. The lowest BCUT2D eigenvalue weighted by atomic mass is 9.77. The van der Waals surface area contributed by atoms with E-state index in [-0.39, 0.29) is 101 Å². The second-order valence-corrected chi connectivity index (χ2v) is 19.0. The van der Waals surface area contributed by atoms with E-state index in [2.05, 4.69) is 37.2 Å². The molecule has 7 rings (SSSR count). The molecule has 0 radical (unpaired) electrons. The van der Waals surface area contributed by atoms with Gasteiger partial charge >= 0.3 is 12.1 Å². The fourth-order valence-electron chi connectivity index (χ4n) is 9.43. The Bertz CT molecular complexity index is 2860. The third-order valence-electron chi connectivity index (χ3n) is 13.6. The third kappa shape index (κ3) is 13.1. The number of dihydropyridines is 1. The van der Waals surface area contributed by atoms with Gasteiger partial charge in [0.15, 0.2) is 5.60 Å².